The molecule has 1 unspecified atom stereocenters. The van der Waals surface area contributed by atoms with E-state index in [0.29, 0.717) is 5.92 Å². The lowest BCUT2D eigenvalue weighted by Crippen LogP contribution is -2.29. The topological polar surface area (TPSA) is 34.0 Å². The van der Waals surface area contributed by atoms with Gasteiger partial charge in [-0.05, 0) is 47.3 Å². The summed E-state index contributed by atoms with van der Waals surface area (Å²) in [5.41, 5.74) is 0.0708. The molecule has 1 aliphatic rings. The van der Waals surface area contributed by atoms with Crippen LogP contribution in [0.2, 0.25) is 0 Å². The summed E-state index contributed by atoms with van der Waals surface area (Å²) >= 11 is 3.38. The Morgan fingerprint density at radius 2 is 2.31 bits per heavy atom. The van der Waals surface area contributed by atoms with E-state index in [4.69, 9.17) is 0 Å². The SMILES string of the molecule is CC(CNC1CC1)Cn1cc(Br)ccc1=O. The van der Waals surface area contributed by atoms with Crippen molar-refractivity contribution in [2.24, 2.45) is 5.92 Å². The van der Waals surface area contributed by atoms with Gasteiger partial charge in [0.2, 0.25) is 0 Å². The molecule has 16 heavy (non-hydrogen) atoms. The molecular weight excluding hydrogens is 268 g/mol. The Labute approximate surface area is 104 Å². The van der Waals surface area contributed by atoms with Crippen molar-refractivity contribution in [3.8, 4) is 0 Å². The Morgan fingerprint density at radius 1 is 1.56 bits per heavy atom. The van der Waals surface area contributed by atoms with Crippen LogP contribution in [-0.4, -0.2) is 17.2 Å². The van der Waals surface area contributed by atoms with Gasteiger partial charge in [0.15, 0.2) is 0 Å². The van der Waals surface area contributed by atoms with Gasteiger partial charge in [0.1, 0.15) is 0 Å². The number of nitrogens with one attached hydrogen (secondary N) is 1. The predicted octanol–water partition coefficient (Wildman–Crippen LogP) is 2.00. The molecule has 1 aromatic rings. The molecule has 4 heteroatoms. The first-order chi connectivity index (χ1) is 7.65. The Morgan fingerprint density at radius 3 is 3.00 bits per heavy atom. The van der Waals surface area contributed by atoms with Gasteiger partial charge in [0.05, 0.1) is 0 Å². The van der Waals surface area contributed by atoms with E-state index in [9.17, 15) is 4.79 Å². The van der Waals surface area contributed by atoms with Gasteiger partial charge in [-0.2, -0.15) is 0 Å². The molecule has 1 fully saturated rings. The van der Waals surface area contributed by atoms with Crippen LogP contribution < -0.4 is 10.9 Å². The first-order valence-corrected chi connectivity index (χ1v) is 6.54. The molecule has 0 radical (unpaired) electrons. The van der Waals surface area contributed by atoms with Gasteiger partial charge < -0.3 is 9.88 Å². The number of nitrogens with zero attached hydrogens (tertiary/aromatic N) is 1. The molecule has 1 N–H and O–H groups in total. The summed E-state index contributed by atoms with van der Waals surface area (Å²) in [5.74, 6) is 0.479. The van der Waals surface area contributed by atoms with Gasteiger partial charge in [-0.25, -0.2) is 0 Å². The minimum absolute atomic E-state index is 0.0708. The van der Waals surface area contributed by atoms with E-state index in [0.717, 1.165) is 23.6 Å². The second kappa shape index (κ2) is 5.15. The van der Waals surface area contributed by atoms with Gasteiger partial charge in [-0.3, -0.25) is 4.79 Å². The zero-order chi connectivity index (χ0) is 11.5. The number of rotatable bonds is 5. The van der Waals surface area contributed by atoms with E-state index in [1.807, 2.05) is 6.20 Å². The third-order valence-corrected chi connectivity index (χ3v) is 3.26. The number of aromatic nitrogens is 1. The maximum absolute atomic E-state index is 11.6. The third-order valence-electron chi connectivity index (χ3n) is 2.79. The van der Waals surface area contributed by atoms with Crippen LogP contribution >= 0.6 is 15.9 Å². The van der Waals surface area contributed by atoms with Crippen LogP contribution in [-0.2, 0) is 6.54 Å². The molecule has 1 aromatic heterocycles. The van der Waals surface area contributed by atoms with Gasteiger partial charge in [0.25, 0.3) is 5.56 Å². The van der Waals surface area contributed by atoms with Crippen molar-refractivity contribution in [2.75, 3.05) is 6.54 Å². The van der Waals surface area contributed by atoms with E-state index in [2.05, 4.69) is 28.2 Å². The Hall–Kier alpha value is -0.610. The number of halogens is 1. The molecule has 0 aliphatic heterocycles. The highest BCUT2D eigenvalue weighted by molar-refractivity contribution is 9.10. The van der Waals surface area contributed by atoms with Crippen LogP contribution in [0.1, 0.15) is 19.8 Å². The molecule has 1 atom stereocenters. The van der Waals surface area contributed by atoms with Crippen molar-refractivity contribution < 1.29 is 0 Å². The normalized spacial score (nSPS) is 17.4. The molecule has 2 rings (SSSR count). The minimum atomic E-state index is 0.0708. The number of pyridine rings is 1. The van der Waals surface area contributed by atoms with Gasteiger partial charge in [0, 0.05) is 29.3 Å². The number of hydrogen-bond donors (Lipinski definition) is 1. The van der Waals surface area contributed by atoms with Crippen LogP contribution in [0.25, 0.3) is 0 Å². The van der Waals surface area contributed by atoms with Gasteiger partial charge in [-0.1, -0.05) is 6.92 Å². The molecule has 88 valence electrons. The second-order valence-electron chi connectivity index (χ2n) is 4.63. The lowest BCUT2D eigenvalue weighted by molar-refractivity contribution is 0.437. The van der Waals surface area contributed by atoms with Gasteiger partial charge >= 0.3 is 0 Å². The van der Waals surface area contributed by atoms with E-state index in [1.54, 1.807) is 16.7 Å². The molecule has 0 amide bonds. The van der Waals surface area contributed by atoms with Crippen molar-refractivity contribution in [1.82, 2.24) is 9.88 Å². The summed E-state index contributed by atoms with van der Waals surface area (Å²) < 4.78 is 2.72. The van der Waals surface area contributed by atoms with Gasteiger partial charge in [-0.15, -0.1) is 0 Å². The monoisotopic (exact) mass is 284 g/mol. The van der Waals surface area contributed by atoms with Crippen molar-refractivity contribution in [3.05, 3.63) is 33.2 Å². The van der Waals surface area contributed by atoms with E-state index < -0.39 is 0 Å². The molecule has 1 heterocycles. The quantitative estimate of drug-likeness (QED) is 0.898. The second-order valence-corrected chi connectivity index (χ2v) is 5.54. The first kappa shape index (κ1) is 11.9. The molecule has 1 aliphatic carbocycles. The highest BCUT2D eigenvalue weighted by Gasteiger charge is 2.20. The van der Waals surface area contributed by atoms with E-state index in [1.165, 1.54) is 12.8 Å². The lowest BCUT2D eigenvalue weighted by Gasteiger charge is -2.14. The smallest absolute Gasteiger partial charge is 0.250 e. The maximum atomic E-state index is 11.6. The fourth-order valence-corrected chi connectivity index (χ4v) is 2.08. The summed E-state index contributed by atoms with van der Waals surface area (Å²) in [6.07, 6.45) is 4.48. The summed E-state index contributed by atoms with van der Waals surface area (Å²) in [6.45, 7) is 3.93. The summed E-state index contributed by atoms with van der Waals surface area (Å²) in [5, 5.41) is 3.48. The average Bonchev–Trinajstić information content (AvgIpc) is 3.04. The molecule has 0 spiro atoms. The third kappa shape index (κ3) is 3.46. The van der Waals surface area contributed by atoms with Crippen LogP contribution in [0, 0.1) is 5.92 Å². The Bertz CT molecular complexity index is 412. The maximum Gasteiger partial charge on any atom is 0.250 e. The Kier molecular flexibility index (Phi) is 3.82. The van der Waals surface area contributed by atoms with Crippen LogP contribution in [0.4, 0.5) is 0 Å². The minimum Gasteiger partial charge on any atom is -0.314 e. The lowest BCUT2D eigenvalue weighted by atomic mass is 10.2. The van der Waals surface area contributed by atoms with E-state index in [-0.39, 0.29) is 5.56 Å². The zero-order valence-electron chi connectivity index (χ0n) is 9.45. The summed E-state index contributed by atoms with van der Waals surface area (Å²) in [7, 11) is 0. The fraction of sp³-hybridized carbons (Fsp3) is 0.583. The van der Waals surface area contributed by atoms with Crippen molar-refractivity contribution in [2.45, 2.75) is 32.4 Å². The summed E-state index contributed by atoms with van der Waals surface area (Å²) in [4.78, 5) is 11.6. The van der Waals surface area contributed by atoms with Crippen molar-refractivity contribution >= 4 is 15.9 Å². The average molecular weight is 285 g/mol. The predicted molar refractivity (Wildman–Crippen MR) is 68.6 cm³/mol. The van der Waals surface area contributed by atoms with Crippen molar-refractivity contribution in [1.29, 1.82) is 0 Å². The van der Waals surface area contributed by atoms with Crippen LogP contribution in [0.3, 0.4) is 0 Å². The molecular formula is C12H17BrN2O. The zero-order valence-corrected chi connectivity index (χ0v) is 11.0. The van der Waals surface area contributed by atoms with Crippen LogP contribution in [0.5, 0.6) is 0 Å². The van der Waals surface area contributed by atoms with E-state index >= 15 is 0 Å². The standard InChI is InChI=1S/C12H17BrN2O/c1-9(6-14-11-3-4-11)7-15-8-10(13)2-5-12(15)16/h2,5,8-9,11,14H,3-4,6-7H2,1H3. The highest BCUT2D eigenvalue weighted by atomic mass is 79.9. The number of hydrogen-bond acceptors (Lipinski definition) is 2. The Balaban J connectivity index is 1.90. The fourth-order valence-electron chi connectivity index (χ4n) is 1.70. The van der Waals surface area contributed by atoms with Crippen molar-refractivity contribution in [3.63, 3.8) is 0 Å². The van der Waals surface area contributed by atoms with Crippen LogP contribution in [0.15, 0.2) is 27.6 Å². The molecule has 0 aromatic carbocycles. The summed E-state index contributed by atoms with van der Waals surface area (Å²) in [6, 6.07) is 4.12. The molecule has 0 bridgehead atoms. The molecule has 0 saturated heterocycles. The molecule has 3 nitrogen and oxygen atoms in total. The largest absolute Gasteiger partial charge is 0.314 e. The molecule has 1 saturated carbocycles. The first-order valence-electron chi connectivity index (χ1n) is 5.74. The highest BCUT2D eigenvalue weighted by Crippen LogP contribution is 2.18.